The van der Waals surface area contributed by atoms with Crippen molar-refractivity contribution in [3.63, 3.8) is 0 Å². The number of para-hydroxylation sites is 1. The number of nitrogens with two attached hydrogens (primary N) is 1. The lowest BCUT2D eigenvalue weighted by molar-refractivity contribution is 0.0831. The van der Waals surface area contributed by atoms with Crippen LogP contribution in [-0.4, -0.2) is 37.2 Å². The lowest BCUT2D eigenvalue weighted by Crippen LogP contribution is -2.53. The van der Waals surface area contributed by atoms with Gasteiger partial charge in [0.2, 0.25) is 0 Å². The zero-order valence-corrected chi connectivity index (χ0v) is 12.7. The molecule has 3 nitrogen and oxygen atoms in total. The summed E-state index contributed by atoms with van der Waals surface area (Å²) in [7, 11) is 0. The number of piperidine rings is 1. The zero-order chi connectivity index (χ0) is 13.0. The van der Waals surface area contributed by atoms with Crippen LogP contribution in [0.3, 0.4) is 0 Å². The lowest BCUT2D eigenvalue weighted by atomic mass is 9.80. The van der Waals surface area contributed by atoms with Crippen LogP contribution >= 0.6 is 12.4 Å². The molecule has 19 heavy (non-hydrogen) atoms. The highest BCUT2D eigenvalue weighted by Gasteiger charge is 2.32. The molecule has 1 fully saturated rings. The molecule has 1 saturated heterocycles. The molecule has 0 saturated carbocycles. The summed E-state index contributed by atoms with van der Waals surface area (Å²) in [4.78, 5) is 2.45. The van der Waals surface area contributed by atoms with E-state index in [2.05, 4.69) is 18.7 Å². The van der Waals surface area contributed by atoms with Gasteiger partial charge in [0.05, 0.1) is 0 Å². The van der Waals surface area contributed by atoms with E-state index in [0.717, 1.165) is 38.4 Å². The summed E-state index contributed by atoms with van der Waals surface area (Å²) in [5.74, 6) is 0.950. The van der Waals surface area contributed by atoms with Crippen LogP contribution < -0.4 is 10.5 Å². The Morgan fingerprint density at radius 1 is 1.32 bits per heavy atom. The van der Waals surface area contributed by atoms with E-state index in [0.29, 0.717) is 6.04 Å². The summed E-state index contributed by atoms with van der Waals surface area (Å²) in [6, 6.07) is 10.3. The van der Waals surface area contributed by atoms with Crippen molar-refractivity contribution >= 4 is 12.4 Å². The number of hydrogen-bond donors (Lipinski definition) is 1. The maximum absolute atomic E-state index is 6.14. The van der Waals surface area contributed by atoms with Crippen molar-refractivity contribution in [3.8, 4) is 5.75 Å². The van der Waals surface area contributed by atoms with Crippen molar-refractivity contribution in [2.45, 2.75) is 26.3 Å². The fraction of sp³-hybridized carbons (Fsp3) is 0.600. The first-order valence-corrected chi connectivity index (χ1v) is 6.74. The molecule has 1 heterocycles. The molecule has 1 aliphatic rings. The molecule has 0 radical (unpaired) electrons. The summed E-state index contributed by atoms with van der Waals surface area (Å²) in [6.07, 6.45) is 1.08. The number of benzene rings is 1. The highest BCUT2D eigenvalue weighted by Crippen LogP contribution is 2.27. The molecule has 0 aliphatic carbocycles. The van der Waals surface area contributed by atoms with Gasteiger partial charge in [-0.15, -0.1) is 12.4 Å². The van der Waals surface area contributed by atoms with Gasteiger partial charge < -0.3 is 10.5 Å². The van der Waals surface area contributed by atoms with E-state index < -0.39 is 0 Å². The normalized spacial score (nSPS) is 22.6. The topological polar surface area (TPSA) is 38.5 Å². The van der Waals surface area contributed by atoms with E-state index in [4.69, 9.17) is 10.5 Å². The molecule has 2 rings (SSSR count). The first-order chi connectivity index (χ1) is 8.58. The van der Waals surface area contributed by atoms with E-state index in [1.165, 1.54) is 0 Å². The Kier molecular flexibility index (Phi) is 6.11. The highest BCUT2D eigenvalue weighted by atomic mass is 35.5. The van der Waals surface area contributed by atoms with E-state index in [9.17, 15) is 0 Å². The number of likely N-dealkylation sites (tertiary alicyclic amines) is 1. The van der Waals surface area contributed by atoms with Crippen LogP contribution in [0.1, 0.15) is 20.3 Å². The summed E-state index contributed by atoms with van der Waals surface area (Å²) in [5.41, 5.74) is 6.35. The van der Waals surface area contributed by atoms with E-state index >= 15 is 0 Å². The molecule has 1 aromatic carbocycles. The minimum absolute atomic E-state index is 0. The molecule has 4 heteroatoms. The van der Waals surface area contributed by atoms with Crippen LogP contribution in [0.25, 0.3) is 0 Å². The van der Waals surface area contributed by atoms with Crippen LogP contribution in [0.15, 0.2) is 30.3 Å². The predicted molar refractivity (Wildman–Crippen MR) is 82.0 cm³/mol. The fourth-order valence-electron chi connectivity index (χ4n) is 2.49. The maximum atomic E-state index is 6.14. The van der Waals surface area contributed by atoms with Crippen molar-refractivity contribution in [3.05, 3.63) is 30.3 Å². The zero-order valence-electron chi connectivity index (χ0n) is 11.8. The lowest BCUT2D eigenvalue weighted by Gasteiger charge is -2.42. The van der Waals surface area contributed by atoms with Crippen molar-refractivity contribution < 1.29 is 4.74 Å². The van der Waals surface area contributed by atoms with Gasteiger partial charge in [-0.25, -0.2) is 0 Å². The van der Waals surface area contributed by atoms with Crippen LogP contribution in [0, 0.1) is 5.41 Å². The Morgan fingerprint density at radius 3 is 2.63 bits per heavy atom. The fourth-order valence-corrected chi connectivity index (χ4v) is 2.49. The van der Waals surface area contributed by atoms with E-state index in [-0.39, 0.29) is 17.8 Å². The number of halogens is 1. The van der Waals surface area contributed by atoms with Gasteiger partial charge in [0.1, 0.15) is 12.4 Å². The van der Waals surface area contributed by atoms with Crippen LogP contribution in [0.5, 0.6) is 5.75 Å². The minimum Gasteiger partial charge on any atom is -0.492 e. The monoisotopic (exact) mass is 284 g/mol. The Morgan fingerprint density at radius 2 is 2.00 bits per heavy atom. The summed E-state index contributed by atoms with van der Waals surface area (Å²) < 4.78 is 5.73. The van der Waals surface area contributed by atoms with Crippen LogP contribution in [0.4, 0.5) is 0 Å². The van der Waals surface area contributed by atoms with Gasteiger partial charge in [0.25, 0.3) is 0 Å². The SMILES string of the molecule is CC1(C)CN(CCOc2ccccc2)CCC1N.Cl. The second-order valence-corrected chi connectivity index (χ2v) is 5.82. The van der Waals surface area contributed by atoms with Crippen molar-refractivity contribution in [2.24, 2.45) is 11.1 Å². The molecule has 0 spiro atoms. The van der Waals surface area contributed by atoms with Gasteiger partial charge in [-0.2, -0.15) is 0 Å². The summed E-state index contributed by atoms with van der Waals surface area (Å²) >= 11 is 0. The summed E-state index contributed by atoms with van der Waals surface area (Å²) in [5, 5.41) is 0. The molecule has 0 bridgehead atoms. The van der Waals surface area contributed by atoms with Crippen LogP contribution in [0.2, 0.25) is 0 Å². The average molecular weight is 285 g/mol. The standard InChI is InChI=1S/C15H24N2O.ClH/c1-15(2)12-17(9-8-14(15)16)10-11-18-13-6-4-3-5-7-13;/h3-7,14H,8-12,16H2,1-2H3;1H. The van der Waals surface area contributed by atoms with Crippen molar-refractivity contribution in [1.82, 2.24) is 4.90 Å². The number of hydrogen-bond acceptors (Lipinski definition) is 3. The number of rotatable bonds is 4. The smallest absolute Gasteiger partial charge is 0.119 e. The third-order valence-electron chi connectivity index (χ3n) is 3.81. The molecule has 1 aliphatic heterocycles. The minimum atomic E-state index is 0. The van der Waals surface area contributed by atoms with E-state index in [1.807, 2.05) is 30.3 Å². The average Bonchev–Trinajstić information content (AvgIpc) is 2.35. The Hall–Kier alpha value is -0.770. The maximum Gasteiger partial charge on any atom is 0.119 e. The quantitative estimate of drug-likeness (QED) is 0.923. The Bertz CT molecular complexity index is 370. The molecule has 0 amide bonds. The molecule has 2 N–H and O–H groups in total. The number of ether oxygens (including phenoxy) is 1. The van der Waals surface area contributed by atoms with Gasteiger partial charge in [0.15, 0.2) is 0 Å². The first kappa shape index (κ1) is 16.3. The van der Waals surface area contributed by atoms with Gasteiger partial charge in [-0.05, 0) is 30.5 Å². The van der Waals surface area contributed by atoms with E-state index in [1.54, 1.807) is 0 Å². The van der Waals surface area contributed by atoms with Gasteiger partial charge in [-0.1, -0.05) is 32.0 Å². The van der Waals surface area contributed by atoms with Gasteiger partial charge in [0, 0.05) is 19.1 Å². The van der Waals surface area contributed by atoms with Gasteiger partial charge in [-0.3, -0.25) is 4.90 Å². The van der Waals surface area contributed by atoms with Crippen molar-refractivity contribution in [2.75, 3.05) is 26.2 Å². The molecule has 108 valence electrons. The van der Waals surface area contributed by atoms with Crippen LogP contribution in [-0.2, 0) is 0 Å². The Labute approximate surface area is 122 Å². The highest BCUT2D eigenvalue weighted by molar-refractivity contribution is 5.85. The third kappa shape index (κ3) is 4.68. The molecule has 1 aromatic rings. The second-order valence-electron chi connectivity index (χ2n) is 5.82. The molecule has 0 aromatic heterocycles. The summed E-state index contributed by atoms with van der Waals surface area (Å²) in [6.45, 7) is 8.37. The molecule has 1 atom stereocenters. The predicted octanol–water partition coefficient (Wildman–Crippen LogP) is 2.55. The van der Waals surface area contributed by atoms with Crippen molar-refractivity contribution in [1.29, 1.82) is 0 Å². The molecular formula is C15H25ClN2O. The second kappa shape index (κ2) is 7.13. The Balaban J connectivity index is 0.00000180. The van der Waals surface area contributed by atoms with Gasteiger partial charge >= 0.3 is 0 Å². The molecular weight excluding hydrogens is 260 g/mol. The molecule has 1 unspecified atom stereocenters. The third-order valence-corrected chi connectivity index (χ3v) is 3.81. The number of nitrogens with zero attached hydrogens (tertiary/aromatic N) is 1. The first-order valence-electron chi connectivity index (χ1n) is 6.74. The largest absolute Gasteiger partial charge is 0.492 e.